The summed E-state index contributed by atoms with van der Waals surface area (Å²) < 4.78 is 50.0. The Morgan fingerprint density at radius 3 is 2.55 bits per heavy atom. The molecule has 202 valence electrons. The van der Waals surface area contributed by atoms with Gasteiger partial charge in [0, 0.05) is 30.8 Å². The van der Waals surface area contributed by atoms with Crippen LogP contribution in [0.4, 0.5) is 13.2 Å². The van der Waals surface area contributed by atoms with Crippen LogP contribution in [0.15, 0.2) is 48.5 Å². The minimum Gasteiger partial charge on any atom is -0.493 e. The lowest BCUT2D eigenvalue weighted by Gasteiger charge is -2.33. The highest BCUT2D eigenvalue weighted by molar-refractivity contribution is 5.95. The number of benzene rings is 2. The van der Waals surface area contributed by atoms with E-state index in [9.17, 15) is 22.8 Å². The predicted molar refractivity (Wildman–Crippen MR) is 136 cm³/mol. The van der Waals surface area contributed by atoms with Crippen LogP contribution in [0.1, 0.15) is 53.6 Å². The van der Waals surface area contributed by atoms with E-state index < -0.39 is 11.7 Å². The number of nitrogens with zero attached hydrogens (tertiary/aromatic N) is 1. The zero-order valence-electron chi connectivity index (χ0n) is 21.2. The standard InChI is InChI=1S/C29H31F3N2O4/c1-37-23-9-8-21(16-24(23)38-18-20-5-6-20)27(36)34-13-11-28(12-14-34)17-25(28)33-26(35)10-7-19-3-2-4-22(15-19)29(30,31)32/h2-4,7-10,15-16,20,25H,5-6,11-14,17-18H2,1H3,(H,33,35)/b10-7+. The Kier molecular flexibility index (Phi) is 7.11. The molecule has 2 aromatic rings. The summed E-state index contributed by atoms with van der Waals surface area (Å²) in [5, 5.41) is 2.97. The number of ether oxygens (including phenoxy) is 2. The summed E-state index contributed by atoms with van der Waals surface area (Å²) in [4.78, 5) is 27.4. The van der Waals surface area contributed by atoms with Crippen molar-refractivity contribution >= 4 is 17.9 Å². The van der Waals surface area contributed by atoms with Crippen LogP contribution in [0, 0.1) is 11.3 Å². The molecular weight excluding hydrogens is 497 g/mol. The lowest BCUT2D eigenvalue weighted by molar-refractivity contribution is -0.137. The highest BCUT2D eigenvalue weighted by atomic mass is 19.4. The van der Waals surface area contributed by atoms with Crippen molar-refractivity contribution in [2.75, 3.05) is 26.8 Å². The number of carbonyl (C=O) groups is 2. The van der Waals surface area contributed by atoms with Crippen LogP contribution >= 0.6 is 0 Å². The van der Waals surface area contributed by atoms with Crippen molar-refractivity contribution in [1.29, 1.82) is 0 Å². The van der Waals surface area contributed by atoms with Gasteiger partial charge in [0.15, 0.2) is 11.5 Å². The molecular formula is C29H31F3N2O4. The second kappa shape index (κ2) is 10.3. The van der Waals surface area contributed by atoms with Gasteiger partial charge in [0.05, 0.1) is 19.3 Å². The molecule has 2 amide bonds. The van der Waals surface area contributed by atoms with Gasteiger partial charge >= 0.3 is 6.18 Å². The van der Waals surface area contributed by atoms with E-state index in [0.29, 0.717) is 48.2 Å². The number of hydrogen-bond donors (Lipinski definition) is 1. The lowest BCUT2D eigenvalue weighted by atomic mass is 9.92. The summed E-state index contributed by atoms with van der Waals surface area (Å²) in [6.45, 7) is 1.81. The van der Waals surface area contributed by atoms with Crippen LogP contribution in [-0.2, 0) is 11.0 Å². The van der Waals surface area contributed by atoms with Gasteiger partial charge in [-0.1, -0.05) is 12.1 Å². The van der Waals surface area contributed by atoms with Gasteiger partial charge in [0.2, 0.25) is 5.91 Å². The van der Waals surface area contributed by atoms with Crippen molar-refractivity contribution < 1.29 is 32.2 Å². The van der Waals surface area contributed by atoms with Gasteiger partial charge in [-0.15, -0.1) is 0 Å². The highest BCUT2D eigenvalue weighted by Gasteiger charge is 2.55. The van der Waals surface area contributed by atoms with E-state index in [4.69, 9.17) is 9.47 Å². The zero-order chi connectivity index (χ0) is 26.9. The van der Waals surface area contributed by atoms with Gasteiger partial charge in [0.25, 0.3) is 5.91 Å². The first-order chi connectivity index (χ1) is 18.2. The van der Waals surface area contributed by atoms with Crippen LogP contribution in [0.25, 0.3) is 6.08 Å². The molecule has 1 unspecified atom stereocenters. The number of rotatable bonds is 8. The second-order valence-electron chi connectivity index (χ2n) is 10.5. The summed E-state index contributed by atoms with van der Waals surface area (Å²) >= 11 is 0. The first-order valence-corrected chi connectivity index (χ1v) is 12.9. The summed E-state index contributed by atoms with van der Waals surface area (Å²) in [6, 6.07) is 10.1. The SMILES string of the molecule is COc1ccc(C(=O)N2CCC3(CC2)CC3NC(=O)/C=C/c2cccc(C(F)(F)F)c2)cc1OCC1CC1. The summed E-state index contributed by atoms with van der Waals surface area (Å²) in [5.74, 6) is 1.39. The predicted octanol–water partition coefficient (Wildman–Crippen LogP) is 5.33. The number of nitrogens with one attached hydrogen (secondary N) is 1. The molecule has 0 bridgehead atoms. The van der Waals surface area contributed by atoms with Crippen LogP contribution in [-0.4, -0.2) is 49.6 Å². The van der Waals surface area contributed by atoms with Crippen molar-refractivity contribution in [3.8, 4) is 11.5 Å². The zero-order valence-corrected chi connectivity index (χ0v) is 21.2. The molecule has 0 aromatic heterocycles. The molecule has 1 aliphatic heterocycles. The third-order valence-electron chi connectivity index (χ3n) is 7.78. The van der Waals surface area contributed by atoms with E-state index in [-0.39, 0.29) is 23.3 Å². The van der Waals surface area contributed by atoms with Crippen molar-refractivity contribution in [2.24, 2.45) is 11.3 Å². The summed E-state index contributed by atoms with van der Waals surface area (Å²) in [7, 11) is 1.58. The topological polar surface area (TPSA) is 67.9 Å². The average molecular weight is 529 g/mol. The van der Waals surface area contributed by atoms with Crippen molar-refractivity contribution in [3.63, 3.8) is 0 Å². The molecule has 1 spiro atoms. The molecule has 1 heterocycles. The number of piperidine rings is 1. The van der Waals surface area contributed by atoms with Gasteiger partial charge in [-0.3, -0.25) is 9.59 Å². The highest BCUT2D eigenvalue weighted by Crippen LogP contribution is 2.54. The van der Waals surface area contributed by atoms with Gasteiger partial charge in [0.1, 0.15) is 0 Å². The molecule has 3 aliphatic rings. The fourth-order valence-electron chi connectivity index (χ4n) is 5.07. The van der Waals surface area contributed by atoms with Crippen molar-refractivity contribution in [1.82, 2.24) is 10.2 Å². The van der Waals surface area contributed by atoms with E-state index in [0.717, 1.165) is 31.4 Å². The van der Waals surface area contributed by atoms with Crippen LogP contribution in [0.3, 0.4) is 0 Å². The summed E-state index contributed by atoms with van der Waals surface area (Å²) in [6.07, 6.45) is 2.96. The average Bonchev–Trinajstić information content (AvgIpc) is 3.84. The van der Waals surface area contributed by atoms with E-state index in [1.807, 2.05) is 4.90 Å². The first-order valence-electron chi connectivity index (χ1n) is 12.9. The molecule has 6 nitrogen and oxygen atoms in total. The molecule has 3 fully saturated rings. The van der Waals surface area contributed by atoms with Crippen LogP contribution in [0.5, 0.6) is 11.5 Å². The fraction of sp³-hybridized carbons (Fsp3) is 0.448. The van der Waals surface area contributed by atoms with E-state index in [1.54, 1.807) is 25.3 Å². The van der Waals surface area contributed by atoms with Gasteiger partial charge in [-0.25, -0.2) is 0 Å². The minimum atomic E-state index is -4.43. The fourth-order valence-corrected chi connectivity index (χ4v) is 5.07. The number of hydrogen-bond acceptors (Lipinski definition) is 4. The number of amides is 2. The smallest absolute Gasteiger partial charge is 0.416 e. The van der Waals surface area contributed by atoms with Crippen LogP contribution in [0.2, 0.25) is 0 Å². The monoisotopic (exact) mass is 528 g/mol. The van der Waals surface area contributed by atoms with Gasteiger partial charge in [-0.05, 0) is 85.4 Å². The second-order valence-corrected chi connectivity index (χ2v) is 10.5. The lowest BCUT2D eigenvalue weighted by Crippen LogP contribution is -2.41. The molecule has 2 aliphatic carbocycles. The van der Waals surface area contributed by atoms with Gasteiger partial charge in [-0.2, -0.15) is 13.2 Å². The first kappa shape index (κ1) is 26.1. The van der Waals surface area contributed by atoms with E-state index in [1.165, 1.54) is 37.1 Å². The molecule has 2 aromatic carbocycles. The van der Waals surface area contributed by atoms with Crippen molar-refractivity contribution in [3.05, 3.63) is 65.2 Å². The number of methoxy groups -OCH3 is 1. The molecule has 0 radical (unpaired) electrons. The molecule has 5 rings (SSSR count). The molecule has 38 heavy (non-hydrogen) atoms. The summed E-state index contributed by atoms with van der Waals surface area (Å²) in [5.41, 5.74) is 0.0913. The molecule has 9 heteroatoms. The maximum Gasteiger partial charge on any atom is 0.416 e. The van der Waals surface area contributed by atoms with Gasteiger partial charge < -0.3 is 19.7 Å². The largest absolute Gasteiger partial charge is 0.493 e. The number of carbonyl (C=O) groups excluding carboxylic acids is 2. The van der Waals surface area contributed by atoms with E-state index >= 15 is 0 Å². The maximum atomic E-state index is 13.2. The number of alkyl halides is 3. The molecule has 1 N–H and O–H groups in total. The third kappa shape index (κ3) is 5.97. The minimum absolute atomic E-state index is 0.00169. The Bertz CT molecular complexity index is 1230. The van der Waals surface area contributed by atoms with Crippen LogP contribution < -0.4 is 14.8 Å². The Balaban J connectivity index is 1.12. The third-order valence-corrected chi connectivity index (χ3v) is 7.78. The Morgan fingerprint density at radius 2 is 1.87 bits per heavy atom. The number of halogens is 3. The van der Waals surface area contributed by atoms with Crippen molar-refractivity contribution in [2.45, 2.75) is 44.3 Å². The Labute approximate surface area is 219 Å². The Morgan fingerprint density at radius 1 is 1.11 bits per heavy atom. The van der Waals surface area contributed by atoms with E-state index in [2.05, 4.69) is 5.32 Å². The normalized spacial score (nSPS) is 20.4. The molecule has 1 atom stereocenters. The molecule has 2 saturated carbocycles. The Hall–Kier alpha value is -3.49. The molecule has 1 saturated heterocycles. The maximum absolute atomic E-state index is 13.2. The number of likely N-dealkylation sites (tertiary alicyclic amines) is 1. The quantitative estimate of drug-likeness (QED) is 0.471.